The first kappa shape index (κ1) is 8.88. The van der Waals surface area contributed by atoms with E-state index in [2.05, 4.69) is 0 Å². The smallest absolute Gasteiger partial charge is 0.143 e. The first-order valence-corrected chi connectivity index (χ1v) is 4.75. The Bertz CT molecular complexity index is 250. The number of hydrogen-bond acceptors (Lipinski definition) is 1. The summed E-state index contributed by atoms with van der Waals surface area (Å²) >= 11 is 7.13. The molecule has 0 aromatic heterocycles. The van der Waals surface area contributed by atoms with Crippen LogP contribution in [0.2, 0.25) is 5.02 Å². The summed E-state index contributed by atoms with van der Waals surface area (Å²) < 4.78 is 12.9. The summed E-state index contributed by atoms with van der Waals surface area (Å²) in [5.41, 5.74) is 0.788. The van der Waals surface area contributed by atoms with Gasteiger partial charge in [-0.05, 0) is 30.9 Å². The second-order valence-corrected chi connectivity index (χ2v) is 3.50. The molecule has 0 atom stereocenters. The molecule has 1 aromatic rings. The number of thioether (sulfide) groups is 1. The maximum Gasteiger partial charge on any atom is 0.143 e. The predicted molar refractivity (Wildman–Crippen MR) is 47.9 cm³/mol. The van der Waals surface area contributed by atoms with Crippen LogP contribution in [-0.2, 0) is 0 Å². The van der Waals surface area contributed by atoms with Crippen LogP contribution in [0.1, 0.15) is 5.56 Å². The van der Waals surface area contributed by atoms with Gasteiger partial charge >= 0.3 is 0 Å². The van der Waals surface area contributed by atoms with Gasteiger partial charge in [-0.15, -0.1) is 11.8 Å². The molecule has 3 heteroatoms. The van der Waals surface area contributed by atoms with E-state index in [4.69, 9.17) is 11.6 Å². The molecule has 0 unspecified atom stereocenters. The molecular formula is C8H8ClFS. The number of aryl methyl sites for hydroxylation is 1. The van der Waals surface area contributed by atoms with E-state index in [9.17, 15) is 4.39 Å². The van der Waals surface area contributed by atoms with E-state index < -0.39 is 0 Å². The third-order valence-electron chi connectivity index (χ3n) is 1.42. The molecule has 1 rings (SSSR count). The van der Waals surface area contributed by atoms with Crippen molar-refractivity contribution in [2.75, 3.05) is 6.26 Å². The molecule has 0 nitrogen and oxygen atoms in total. The summed E-state index contributed by atoms with van der Waals surface area (Å²) in [6.07, 6.45) is 1.90. The fourth-order valence-electron chi connectivity index (χ4n) is 0.813. The van der Waals surface area contributed by atoms with Crippen LogP contribution in [0.3, 0.4) is 0 Å². The van der Waals surface area contributed by atoms with E-state index in [0.29, 0.717) is 0 Å². The zero-order chi connectivity index (χ0) is 8.43. The molecule has 60 valence electrons. The van der Waals surface area contributed by atoms with Gasteiger partial charge in [-0.25, -0.2) is 4.39 Å². The van der Waals surface area contributed by atoms with E-state index in [1.165, 1.54) is 17.8 Å². The molecule has 0 radical (unpaired) electrons. The summed E-state index contributed by atoms with van der Waals surface area (Å²) in [5, 5.41) is 0.225. The number of hydrogen-bond donors (Lipinski definition) is 0. The van der Waals surface area contributed by atoms with Crippen LogP contribution in [0.15, 0.2) is 17.0 Å². The van der Waals surface area contributed by atoms with Crippen LogP contribution in [0.25, 0.3) is 0 Å². The van der Waals surface area contributed by atoms with Crippen LogP contribution in [0.5, 0.6) is 0 Å². The Kier molecular flexibility index (Phi) is 2.79. The fraction of sp³-hybridized carbons (Fsp3) is 0.250. The van der Waals surface area contributed by atoms with Gasteiger partial charge in [0.25, 0.3) is 0 Å². The third-order valence-corrected chi connectivity index (χ3v) is 2.61. The molecular weight excluding hydrogens is 183 g/mol. The zero-order valence-electron chi connectivity index (χ0n) is 6.32. The SMILES string of the molecule is CSc1cc(C)c(Cl)c(F)c1. The number of rotatable bonds is 1. The maximum atomic E-state index is 12.9. The van der Waals surface area contributed by atoms with Crippen molar-refractivity contribution in [3.8, 4) is 0 Å². The Balaban J connectivity index is 3.21. The minimum atomic E-state index is -0.337. The average molecular weight is 191 g/mol. The van der Waals surface area contributed by atoms with Gasteiger partial charge in [0.2, 0.25) is 0 Å². The standard InChI is InChI=1S/C8H8ClFS/c1-5-3-6(11-2)4-7(10)8(5)9/h3-4H,1-2H3. The van der Waals surface area contributed by atoms with E-state index in [-0.39, 0.29) is 10.8 Å². The highest BCUT2D eigenvalue weighted by Crippen LogP contribution is 2.25. The highest BCUT2D eigenvalue weighted by Gasteiger charge is 2.03. The van der Waals surface area contributed by atoms with Crippen molar-refractivity contribution >= 4 is 23.4 Å². The molecule has 0 amide bonds. The molecule has 0 fully saturated rings. The largest absolute Gasteiger partial charge is 0.205 e. The van der Waals surface area contributed by atoms with Gasteiger partial charge in [-0.1, -0.05) is 11.6 Å². The number of benzene rings is 1. The molecule has 11 heavy (non-hydrogen) atoms. The molecule has 0 heterocycles. The third kappa shape index (κ3) is 1.88. The van der Waals surface area contributed by atoms with Crippen LogP contribution in [0, 0.1) is 12.7 Å². The Morgan fingerprint density at radius 2 is 2.09 bits per heavy atom. The molecule has 0 aliphatic heterocycles. The van der Waals surface area contributed by atoms with E-state index in [1.54, 1.807) is 6.92 Å². The van der Waals surface area contributed by atoms with Crippen molar-refractivity contribution in [3.63, 3.8) is 0 Å². The normalized spacial score (nSPS) is 10.2. The fourth-order valence-corrected chi connectivity index (χ4v) is 1.44. The van der Waals surface area contributed by atoms with Crippen LogP contribution < -0.4 is 0 Å². The summed E-state index contributed by atoms with van der Waals surface area (Å²) in [4.78, 5) is 0.907. The van der Waals surface area contributed by atoms with Gasteiger partial charge in [0, 0.05) is 4.90 Å². The van der Waals surface area contributed by atoms with Gasteiger partial charge in [0.05, 0.1) is 5.02 Å². The molecule has 1 aromatic carbocycles. The molecule has 0 bridgehead atoms. The molecule has 0 N–H and O–H groups in total. The van der Waals surface area contributed by atoms with Crippen molar-refractivity contribution in [3.05, 3.63) is 28.5 Å². The predicted octanol–water partition coefficient (Wildman–Crippen LogP) is 3.51. The Morgan fingerprint density at radius 1 is 1.45 bits per heavy atom. The Morgan fingerprint density at radius 3 is 2.55 bits per heavy atom. The van der Waals surface area contributed by atoms with Crippen molar-refractivity contribution in [1.82, 2.24) is 0 Å². The van der Waals surface area contributed by atoms with Crippen LogP contribution >= 0.6 is 23.4 Å². The summed E-state index contributed by atoms with van der Waals surface area (Å²) in [6, 6.07) is 3.32. The van der Waals surface area contributed by atoms with Gasteiger partial charge < -0.3 is 0 Å². The Labute approximate surface area is 74.8 Å². The van der Waals surface area contributed by atoms with Crippen LogP contribution in [-0.4, -0.2) is 6.26 Å². The second-order valence-electron chi connectivity index (χ2n) is 2.24. The van der Waals surface area contributed by atoms with Crippen molar-refractivity contribution in [2.45, 2.75) is 11.8 Å². The first-order valence-electron chi connectivity index (χ1n) is 3.15. The highest BCUT2D eigenvalue weighted by molar-refractivity contribution is 7.98. The second kappa shape index (κ2) is 3.46. The van der Waals surface area contributed by atoms with Crippen molar-refractivity contribution < 1.29 is 4.39 Å². The zero-order valence-corrected chi connectivity index (χ0v) is 7.89. The van der Waals surface area contributed by atoms with Gasteiger partial charge in [-0.3, -0.25) is 0 Å². The van der Waals surface area contributed by atoms with E-state index >= 15 is 0 Å². The molecule has 0 aliphatic rings. The van der Waals surface area contributed by atoms with Gasteiger partial charge in [0.15, 0.2) is 0 Å². The first-order chi connectivity index (χ1) is 5.15. The summed E-state index contributed by atoms with van der Waals surface area (Å²) in [5.74, 6) is -0.337. The lowest BCUT2D eigenvalue weighted by Crippen LogP contribution is -1.83. The molecule has 0 saturated carbocycles. The Hall–Kier alpha value is -0.210. The lowest BCUT2D eigenvalue weighted by Gasteiger charge is -2.01. The van der Waals surface area contributed by atoms with E-state index in [0.717, 1.165) is 10.5 Å². The minimum Gasteiger partial charge on any atom is -0.205 e. The van der Waals surface area contributed by atoms with Crippen molar-refractivity contribution in [1.29, 1.82) is 0 Å². The van der Waals surface area contributed by atoms with Gasteiger partial charge in [-0.2, -0.15) is 0 Å². The molecule has 0 saturated heterocycles. The molecule has 0 aliphatic carbocycles. The molecule has 0 spiro atoms. The van der Waals surface area contributed by atoms with Crippen LogP contribution in [0.4, 0.5) is 4.39 Å². The highest BCUT2D eigenvalue weighted by atomic mass is 35.5. The monoisotopic (exact) mass is 190 g/mol. The lowest BCUT2D eigenvalue weighted by molar-refractivity contribution is 0.623. The minimum absolute atomic E-state index is 0.225. The van der Waals surface area contributed by atoms with Crippen molar-refractivity contribution in [2.24, 2.45) is 0 Å². The average Bonchev–Trinajstić information content (AvgIpc) is 1.99. The summed E-state index contributed by atoms with van der Waals surface area (Å²) in [7, 11) is 0. The number of halogens is 2. The maximum absolute atomic E-state index is 12.9. The lowest BCUT2D eigenvalue weighted by atomic mass is 10.2. The summed E-state index contributed by atoms with van der Waals surface area (Å²) in [6.45, 7) is 1.80. The topological polar surface area (TPSA) is 0 Å². The van der Waals surface area contributed by atoms with E-state index in [1.807, 2.05) is 12.3 Å². The van der Waals surface area contributed by atoms with Gasteiger partial charge in [0.1, 0.15) is 5.82 Å². The quantitative estimate of drug-likeness (QED) is 0.611.